The molecule has 2 atom stereocenters. The summed E-state index contributed by atoms with van der Waals surface area (Å²) < 4.78 is 7.16. The van der Waals surface area contributed by atoms with Gasteiger partial charge >= 0.3 is 0 Å². The lowest BCUT2D eigenvalue weighted by atomic mass is 10.2. The molecule has 1 aromatic carbocycles. The number of anilines is 3. The number of methoxy groups -OCH3 is 1. The van der Waals surface area contributed by atoms with Crippen LogP contribution in [-0.4, -0.2) is 79.7 Å². The van der Waals surface area contributed by atoms with Crippen LogP contribution in [0.2, 0.25) is 0 Å². The van der Waals surface area contributed by atoms with Crippen LogP contribution in [-0.2, 0) is 9.53 Å². The Kier molecular flexibility index (Phi) is 7.18. The standard InChI is InChI=1S/C24H28N8O3S/c1-15-10-21(29-28-15)26-23-20-4-3-9-32(20)30-24(27-23)36-19-7-5-16(6-8-19)25-22(34)13-31-12-18(35-2)11-17(31)14-33/h3-10,17-18,33H,11-14H2,1-2H3,(H,25,34)(H2,26,27,28,29,30)/t17-,18-/m1/s1. The Hall–Kier alpha value is -3.45. The molecule has 1 saturated heterocycles. The molecule has 4 heterocycles. The Morgan fingerprint density at radius 2 is 2.14 bits per heavy atom. The minimum atomic E-state index is -0.128. The van der Waals surface area contributed by atoms with Crippen LogP contribution >= 0.6 is 11.8 Å². The number of aromatic amines is 1. The fraction of sp³-hybridized carbons (Fsp3) is 0.333. The zero-order valence-corrected chi connectivity index (χ0v) is 20.8. The molecule has 1 aliphatic rings. The number of carbonyl (C=O) groups is 1. The Morgan fingerprint density at radius 1 is 1.31 bits per heavy atom. The first-order valence-corrected chi connectivity index (χ1v) is 12.4. The quantitative estimate of drug-likeness (QED) is 0.269. The number of aromatic nitrogens is 5. The van der Waals surface area contributed by atoms with E-state index in [2.05, 4.69) is 30.9 Å². The van der Waals surface area contributed by atoms with Gasteiger partial charge in [0.05, 0.1) is 19.3 Å². The summed E-state index contributed by atoms with van der Waals surface area (Å²) in [6.45, 7) is 2.78. The van der Waals surface area contributed by atoms with Crippen molar-refractivity contribution in [2.24, 2.45) is 0 Å². The Balaban J connectivity index is 1.23. The normalized spacial score (nSPS) is 18.1. The molecule has 1 amide bonds. The first-order valence-electron chi connectivity index (χ1n) is 11.6. The number of ether oxygens (including phenoxy) is 1. The first-order chi connectivity index (χ1) is 17.5. The molecule has 1 aliphatic heterocycles. The number of carbonyl (C=O) groups excluding carboxylic acids is 1. The average molecular weight is 509 g/mol. The van der Waals surface area contributed by atoms with Crippen LogP contribution in [0.5, 0.6) is 0 Å². The molecule has 12 heteroatoms. The third kappa shape index (κ3) is 5.51. The number of hydrogen-bond acceptors (Lipinski definition) is 9. The van der Waals surface area contributed by atoms with E-state index in [1.165, 1.54) is 11.8 Å². The van der Waals surface area contributed by atoms with Crippen molar-refractivity contribution in [3.8, 4) is 0 Å². The van der Waals surface area contributed by atoms with E-state index in [0.717, 1.165) is 22.5 Å². The Bertz CT molecular complexity index is 1340. The Morgan fingerprint density at radius 3 is 2.86 bits per heavy atom. The number of H-pyrrole nitrogens is 1. The second-order valence-electron chi connectivity index (χ2n) is 8.68. The number of nitrogens with zero attached hydrogens (tertiary/aromatic N) is 5. The third-order valence-electron chi connectivity index (χ3n) is 6.05. The maximum atomic E-state index is 12.6. The highest BCUT2D eigenvalue weighted by atomic mass is 32.2. The van der Waals surface area contributed by atoms with Gasteiger partial charge in [-0.1, -0.05) is 0 Å². The summed E-state index contributed by atoms with van der Waals surface area (Å²) in [6.07, 6.45) is 2.64. The number of aliphatic hydroxyl groups excluding tert-OH is 1. The van der Waals surface area contributed by atoms with Gasteiger partial charge in [0.15, 0.2) is 11.6 Å². The van der Waals surface area contributed by atoms with Crippen LogP contribution in [0.1, 0.15) is 12.1 Å². The predicted molar refractivity (Wildman–Crippen MR) is 137 cm³/mol. The van der Waals surface area contributed by atoms with Crippen molar-refractivity contribution in [1.82, 2.24) is 29.7 Å². The summed E-state index contributed by atoms with van der Waals surface area (Å²) in [7, 11) is 1.65. The van der Waals surface area contributed by atoms with E-state index in [-0.39, 0.29) is 31.2 Å². The largest absolute Gasteiger partial charge is 0.395 e. The molecule has 1 fully saturated rings. The van der Waals surface area contributed by atoms with E-state index in [1.807, 2.05) is 60.5 Å². The number of hydrogen-bond donors (Lipinski definition) is 4. The van der Waals surface area contributed by atoms with Crippen LogP contribution in [0.15, 0.2) is 58.7 Å². The van der Waals surface area contributed by atoms with E-state index in [0.29, 0.717) is 29.0 Å². The van der Waals surface area contributed by atoms with Crippen LogP contribution in [0.3, 0.4) is 0 Å². The van der Waals surface area contributed by atoms with Gasteiger partial charge in [-0.15, -0.1) is 5.10 Å². The van der Waals surface area contributed by atoms with E-state index < -0.39 is 0 Å². The minimum Gasteiger partial charge on any atom is -0.395 e. The summed E-state index contributed by atoms with van der Waals surface area (Å²) in [5, 5.41) is 28.1. The summed E-state index contributed by atoms with van der Waals surface area (Å²) >= 11 is 1.42. The molecule has 0 unspecified atom stereocenters. The highest BCUT2D eigenvalue weighted by Gasteiger charge is 2.32. The molecule has 188 valence electrons. The molecule has 0 spiro atoms. The van der Waals surface area contributed by atoms with E-state index >= 15 is 0 Å². The van der Waals surface area contributed by atoms with Crippen LogP contribution < -0.4 is 10.6 Å². The lowest BCUT2D eigenvalue weighted by Crippen LogP contribution is -2.38. The van der Waals surface area contributed by atoms with Gasteiger partial charge in [0.25, 0.3) is 0 Å². The summed E-state index contributed by atoms with van der Waals surface area (Å²) in [5.41, 5.74) is 2.49. The van der Waals surface area contributed by atoms with Crippen molar-refractivity contribution >= 4 is 40.5 Å². The monoisotopic (exact) mass is 508 g/mol. The van der Waals surface area contributed by atoms with Crippen molar-refractivity contribution < 1.29 is 14.6 Å². The lowest BCUT2D eigenvalue weighted by molar-refractivity contribution is -0.117. The van der Waals surface area contributed by atoms with Crippen LogP contribution in [0, 0.1) is 6.92 Å². The molecule has 4 N–H and O–H groups in total. The van der Waals surface area contributed by atoms with E-state index in [4.69, 9.17) is 4.74 Å². The van der Waals surface area contributed by atoms with Crippen LogP contribution in [0.25, 0.3) is 5.52 Å². The van der Waals surface area contributed by atoms with Gasteiger partial charge in [-0.2, -0.15) is 5.10 Å². The molecule has 0 saturated carbocycles. The minimum absolute atomic E-state index is 0.00844. The van der Waals surface area contributed by atoms with Crippen molar-refractivity contribution in [3.63, 3.8) is 0 Å². The van der Waals surface area contributed by atoms with Crippen molar-refractivity contribution in [2.45, 2.75) is 35.5 Å². The van der Waals surface area contributed by atoms with Gasteiger partial charge < -0.3 is 20.5 Å². The zero-order chi connectivity index (χ0) is 25.1. The van der Waals surface area contributed by atoms with E-state index in [1.54, 1.807) is 11.6 Å². The maximum Gasteiger partial charge on any atom is 0.238 e. The molecule has 0 aliphatic carbocycles. The van der Waals surface area contributed by atoms with Gasteiger partial charge in [0.2, 0.25) is 11.1 Å². The molecular weight excluding hydrogens is 480 g/mol. The summed E-state index contributed by atoms with van der Waals surface area (Å²) in [6, 6.07) is 13.2. The predicted octanol–water partition coefficient (Wildman–Crippen LogP) is 2.68. The number of amides is 1. The SMILES string of the molecule is CO[C@@H]1C[C@H](CO)N(CC(=O)Nc2ccc(Sc3nc(Nc4cc(C)[nH]n4)c4cccn4n3)cc2)C1. The van der Waals surface area contributed by atoms with Gasteiger partial charge in [-0.25, -0.2) is 9.50 Å². The van der Waals surface area contributed by atoms with Gasteiger partial charge in [0.1, 0.15) is 5.52 Å². The number of aliphatic hydroxyl groups is 1. The van der Waals surface area contributed by atoms with E-state index in [9.17, 15) is 9.90 Å². The van der Waals surface area contributed by atoms with Gasteiger partial charge in [-0.3, -0.25) is 14.8 Å². The maximum absolute atomic E-state index is 12.6. The molecule has 3 aromatic heterocycles. The van der Waals surface area contributed by atoms with Crippen molar-refractivity contribution in [1.29, 1.82) is 0 Å². The van der Waals surface area contributed by atoms with Crippen molar-refractivity contribution in [3.05, 3.63) is 54.4 Å². The topological polar surface area (TPSA) is 133 Å². The van der Waals surface area contributed by atoms with Crippen LogP contribution in [0.4, 0.5) is 17.3 Å². The molecule has 0 radical (unpaired) electrons. The van der Waals surface area contributed by atoms with Crippen molar-refractivity contribution in [2.75, 3.05) is 37.4 Å². The third-order valence-corrected chi connectivity index (χ3v) is 6.91. The smallest absolute Gasteiger partial charge is 0.238 e. The summed E-state index contributed by atoms with van der Waals surface area (Å²) in [4.78, 5) is 20.2. The lowest BCUT2D eigenvalue weighted by Gasteiger charge is -2.21. The second kappa shape index (κ2) is 10.7. The number of nitrogens with one attached hydrogen (secondary N) is 3. The molecule has 5 rings (SSSR count). The fourth-order valence-corrected chi connectivity index (χ4v) is 4.99. The highest BCUT2D eigenvalue weighted by molar-refractivity contribution is 7.99. The molecule has 0 bridgehead atoms. The molecule has 11 nitrogen and oxygen atoms in total. The number of rotatable bonds is 9. The second-order valence-corrected chi connectivity index (χ2v) is 9.72. The van der Waals surface area contributed by atoms with Gasteiger partial charge in [-0.05, 0) is 61.5 Å². The average Bonchev–Trinajstić information content (AvgIpc) is 3.60. The number of likely N-dealkylation sites (tertiary alicyclic amines) is 1. The number of aryl methyl sites for hydroxylation is 1. The highest BCUT2D eigenvalue weighted by Crippen LogP contribution is 2.29. The molecular formula is C24H28N8O3S. The van der Waals surface area contributed by atoms with Gasteiger partial charge in [0, 0.05) is 48.2 Å². The first kappa shape index (κ1) is 24.3. The number of fused-ring (bicyclic) bond motifs is 1. The Labute approximate surface area is 212 Å². The number of benzene rings is 1. The fourth-order valence-electron chi connectivity index (χ4n) is 4.24. The zero-order valence-electron chi connectivity index (χ0n) is 20.0. The summed E-state index contributed by atoms with van der Waals surface area (Å²) in [5.74, 6) is 1.21. The molecule has 4 aromatic rings. The molecule has 36 heavy (non-hydrogen) atoms.